The lowest BCUT2D eigenvalue weighted by Crippen LogP contribution is -2.24. The van der Waals surface area contributed by atoms with E-state index >= 15 is 0 Å². The van der Waals surface area contributed by atoms with Crippen LogP contribution >= 0.6 is 0 Å². The predicted molar refractivity (Wildman–Crippen MR) is 108 cm³/mol. The number of hydrogen-bond acceptors (Lipinski definition) is 3. The van der Waals surface area contributed by atoms with Crippen LogP contribution in [0.3, 0.4) is 0 Å². The molecule has 30 heavy (non-hydrogen) atoms. The highest BCUT2D eigenvalue weighted by Gasteiger charge is 2.36. The first-order chi connectivity index (χ1) is 14.4. The number of rotatable bonds is 5. The van der Waals surface area contributed by atoms with Crippen LogP contribution in [-0.2, 0) is 6.18 Å². The van der Waals surface area contributed by atoms with Crippen LogP contribution in [0.2, 0.25) is 0 Å². The number of carbonyl (C=O) groups excluding carboxylic acids is 1. The van der Waals surface area contributed by atoms with Crippen molar-refractivity contribution in [2.45, 2.75) is 25.9 Å². The minimum Gasteiger partial charge on any atom is -0.352 e. The number of carbonyl (C=O) groups is 1. The molecule has 0 saturated heterocycles. The Labute approximate surface area is 170 Å². The van der Waals surface area contributed by atoms with E-state index in [0.29, 0.717) is 16.6 Å². The van der Waals surface area contributed by atoms with Gasteiger partial charge in [-0.1, -0.05) is 55.8 Å². The van der Waals surface area contributed by atoms with Crippen LogP contribution in [0.25, 0.3) is 27.7 Å². The maximum atomic E-state index is 13.8. The quantitative estimate of drug-likeness (QED) is 0.464. The van der Waals surface area contributed by atoms with Crippen molar-refractivity contribution in [2.75, 3.05) is 6.54 Å². The van der Waals surface area contributed by atoms with Gasteiger partial charge in [0.2, 0.25) is 0 Å². The van der Waals surface area contributed by atoms with E-state index in [-0.39, 0.29) is 16.9 Å². The average Bonchev–Trinajstić information content (AvgIpc) is 3.16. The molecule has 0 aliphatic carbocycles. The SMILES string of the molecule is CCCCNC(=O)c1cnn2c(C(F)(F)F)cc(-c3cccc4ccccc34)nc12. The van der Waals surface area contributed by atoms with Crippen LogP contribution < -0.4 is 5.32 Å². The fourth-order valence-electron chi connectivity index (χ4n) is 3.39. The van der Waals surface area contributed by atoms with Crippen molar-refractivity contribution in [1.29, 1.82) is 0 Å². The lowest BCUT2D eigenvalue weighted by molar-refractivity contribution is -0.142. The predicted octanol–water partition coefficient (Wildman–Crippen LogP) is 5.10. The molecular weight excluding hydrogens is 393 g/mol. The van der Waals surface area contributed by atoms with Crippen molar-refractivity contribution >= 4 is 22.3 Å². The summed E-state index contributed by atoms with van der Waals surface area (Å²) in [4.78, 5) is 16.9. The number of aromatic nitrogens is 3. The van der Waals surface area contributed by atoms with Crippen LogP contribution in [0.5, 0.6) is 0 Å². The van der Waals surface area contributed by atoms with Crippen molar-refractivity contribution in [2.24, 2.45) is 0 Å². The molecule has 0 saturated carbocycles. The number of halogens is 3. The third-order valence-electron chi connectivity index (χ3n) is 4.89. The van der Waals surface area contributed by atoms with E-state index in [0.717, 1.165) is 35.9 Å². The summed E-state index contributed by atoms with van der Waals surface area (Å²) in [6.07, 6.45) is -1.88. The van der Waals surface area contributed by atoms with E-state index in [1.165, 1.54) is 0 Å². The highest BCUT2D eigenvalue weighted by atomic mass is 19.4. The first-order valence-corrected chi connectivity index (χ1v) is 9.62. The van der Waals surface area contributed by atoms with Crippen molar-refractivity contribution in [1.82, 2.24) is 19.9 Å². The third kappa shape index (κ3) is 3.60. The van der Waals surface area contributed by atoms with Gasteiger partial charge in [-0.05, 0) is 23.3 Å². The number of fused-ring (bicyclic) bond motifs is 2. The molecule has 154 valence electrons. The topological polar surface area (TPSA) is 59.3 Å². The maximum absolute atomic E-state index is 13.8. The molecule has 0 radical (unpaired) electrons. The van der Waals surface area contributed by atoms with Crippen LogP contribution in [0.1, 0.15) is 35.8 Å². The number of alkyl halides is 3. The second kappa shape index (κ2) is 7.78. The van der Waals surface area contributed by atoms with Gasteiger partial charge in [-0.3, -0.25) is 4.79 Å². The molecule has 2 aromatic heterocycles. The van der Waals surface area contributed by atoms with Crippen LogP contribution in [0.4, 0.5) is 13.2 Å². The average molecular weight is 412 g/mol. The Morgan fingerprint density at radius 1 is 1.13 bits per heavy atom. The number of benzene rings is 2. The van der Waals surface area contributed by atoms with E-state index in [4.69, 9.17) is 0 Å². The zero-order chi connectivity index (χ0) is 21.3. The van der Waals surface area contributed by atoms with Crippen molar-refractivity contribution in [3.63, 3.8) is 0 Å². The van der Waals surface area contributed by atoms with Gasteiger partial charge in [0.15, 0.2) is 11.3 Å². The molecule has 4 aromatic rings. The molecule has 2 aromatic carbocycles. The van der Waals surface area contributed by atoms with Crippen molar-refractivity contribution in [3.8, 4) is 11.3 Å². The monoisotopic (exact) mass is 412 g/mol. The van der Waals surface area contributed by atoms with Crippen molar-refractivity contribution < 1.29 is 18.0 Å². The first kappa shape index (κ1) is 19.9. The van der Waals surface area contributed by atoms with Gasteiger partial charge in [-0.25, -0.2) is 9.50 Å². The molecule has 5 nitrogen and oxygen atoms in total. The second-order valence-electron chi connectivity index (χ2n) is 6.95. The van der Waals surface area contributed by atoms with E-state index in [1.54, 1.807) is 12.1 Å². The molecule has 2 heterocycles. The van der Waals surface area contributed by atoms with Gasteiger partial charge in [0.25, 0.3) is 5.91 Å². The minimum absolute atomic E-state index is 0.0127. The van der Waals surface area contributed by atoms with E-state index in [2.05, 4.69) is 15.4 Å². The summed E-state index contributed by atoms with van der Waals surface area (Å²) < 4.78 is 42.1. The fourth-order valence-corrected chi connectivity index (χ4v) is 3.39. The standard InChI is InChI=1S/C22H19F3N4O/c1-2-3-11-26-21(30)17-13-27-29-19(22(23,24)25)12-18(28-20(17)29)16-10-6-8-14-7-4-5-9-15(14)16/h4-10,12-13H,2-3,11H2,1H3,(H,26,30). The summed E-state index contributed by atoms with van der Waals surface area (Å²) in [6, 6.07) is 13.7. The Hall–Kier alpha value is -3.42. The molecule has 0 aliphatic heterocycles. The van der Waals surface area contributed by atoms with Crippen LogP contribution in [0.15, 0.2) is 54.7 Å². The molecule has 8 heteroatoms. The molecule has 1 N–H and O–H groups in total. The fraction of sp³-hybridized carbons (Fsp3) is 0.227. The summed E-state index contributed by atoms with van der Waals surface area (Å²) >= 11 is 0. The normalized spacial score (nSPS) is 11.9. The zero-order valence-electron chi connectivity index (χ0n) is 16.2. The summed E-state index contributed by atoms with van der Waals surface area (Å²) in [6.45, 7) is 2.41. The molecule has 1 amide bonds. The lowest BCUT2D eigenvalue weighted by atomic mass is 10.0. The minimum atomic E-state index is -4.66. The number of nitrogens with one attached hydrogen (secondary N) is 1. The molecular formula is C22H19F3N4O. The summed E-state index contributed by atoms with van der Waals surface area (Å²) in [7, 11) is 0. The van der Waals surface area contributed by atoms with Gasteiger partial charge in [0.1, 0.15) is 5.56 Å². The van der Waals surface area contributed by atoms with E-state index in [1.807, 2.05) is 37.3 Å². The third-order valence-corrected chi connectivity index (χ3v) is 4.89. The largest absolute Gasteiger partial charge is 0.433 e. The van der Waals surface area contributed by atoms with Gasteiger partial charge >= 0.3 is 6.18 Å². The molecule has 4 rings (SSSR count). The zero-order valence-corrected chi connectivity index (χ0v) is 16.2. The van der Waals surface area contributed by atoms with Gasteiger partial charge in [0, 0.05) is 12.1 Å². The van der Waals surface area contributed by atoms with E-state index in [9.17, 15) is 18.0 Å². The van der Waals surface area contributed by atoms with Crippen LogP contribution in [-0.4, -0.2) is 27.0 Å². The molecule has 0 aliphatic rings. The number of hydrogen-bond donors (Lipinski definition) is 1. The second-order valence-corrected chi connectivity index (χ2v) is 6.95. The number of nitrogens with zero attached hydrogens (tertiary/aromatic N) is 3. The van der Waals surface area contributed by atoms with Gasteiger partial charge in [-0.2, -0.15) is 18.3 Å². The smallest absolute Gasteiger partial charge is 0.352 e. The number of amides is 1. The van der Waals surface area contributed by atoms with E-state index < -0.39 is 17.8 Å². The number of unbranched alkanes of at least 4 members (excludes halogenated alkanes) is 1. The Kier molecular flexibility index (Phi) is 5.15. The summed E-state index contributed by atoms with van der Waals surface area (Å²) in [5.41, 5.74) is -0.405. The van der Waals surface area contributed by atoms with Gasteiger partial charge in [0.05, 0.1) is 11.9 Å². The molecule has 0 fully saturated rings. The molecule has 0 atom stereocenters. The lowest BCUT2D eigenvalue weighted by Gasteiger charge is -2.13. The summed E-state index contributed by atoms with van der Waals surface area (Å²) in [5.74, 6) is -0.492. The van der Waals surface area contributed by atoms with Crippen molar-refractivity contribution in [3.05, 3.63) is 66.0 Å². The maximum Gasteiger partial charge on any atom is 0.433 e. The Balaban J connectivity index is 1.92. The first-order valence-electron chi connectivity index (χ1n) is 9.62. The Morgan fingerprint density at radius 2 is 1.90 bits per heavy atom. The molecule has 0 spiro atoms. The van der Waals surface area contributed by atoms with Gasteiger partial charge < -0.3 is 5.32 Å². The highest BCUT2D eigenvalue weighted by molar-refractivity contribution is 6.00. The Bertz CT molecular complexity index is 1220. The summed E-state index contributed by atoms with van der Waals surface area (Å²) in [5, 5.41) is 8.18. The molecule has 0 bridgehead atoms. The Morgan fingerprint density at radius 3 is 2.67 bits per heavy atom. The highest BCUT2D eigenvalue weighted by Crippen LogP contribution is 2.34. The van der Waals surface area contributed by atoms with Gasteiger partial charge in [-0.15, -0.1) is 0 Å². The molecule has 0 unspecified atom stereocenters. The van der Waals surface area contributed by atoms with Crippen LogP contribution in [0, 0.1) is 0 Å².